The molecule has 6 nitrogen and oxygen atoms in total. The minimum atomic E-state index is -1.49. The normalized spacial score (nSPS) is 27.0. The summed E-state index contributed by atoms with van der Waals surface area (Å²) in [6.45, 7) is 29.2. The summed E-state index contributed by atoms with van der Waals surface area (Å²) in [6.07, 6.45) is 0. The molecule has 1 saturated heterocycles. The Balaban J connectivity index is 0. The van der Waals surface area contributed by atoms with Gasteiger partial charge in [-0.15, -0.1) is 0 Å². The van der Waals surface area contributed by atoms with Gasteiger partial charge in [-0.25, -0.2) is 0 Å². The second-order valence-corrected chi connectivity index (χ2v) is 23.2. The summed E-state index contributed by atoms with van der Waals surface area (Å²) in [5.74, 6) is 0. The molecule has 0 bridgehead atoms. The van der Waals surface area contributed by atoms with E-state index in [9.17, 15) is 0 Å². The van der Waals surface area contributed by atoms with Gasteiger partial charge in [-0.1, -0.05) is 66.2 Å². The van der Waals surface area contributed by atoms with E-state index in [2.05, 4.69) is 78.2 Å². The third kappa shape index (κ3) is 18.3. The van der Waals surface area contributed by atoms with E-state index < -0.39 is 35.3 Å². The van der Waals surface area contributed by atoms with Crippen LogP contribution in [0.4, 0.5) is 0 Å². The maximum atomic E-state index is 5.28. The van der Waals surface area contributed by atoms with Crippen LogP contribution in [-0.4, -0.2) is 147 Å². The fourth-order valence-electron chi connectivity index (χ4n) is 4.03. The fourth-order valence-corrected chi connectivity index (χ4v) is 16.2. The molecule has 0 radical (unpaired) electrons. The van der Waals surface area contributed by atoms with Crippen molar-refractivity contribution in [3.05, 3.63) is 9.30 Å². The molecule has 0 aliphatic carbocycles. The summed E-state index contributed by atoms with van der Waals surface area (Å²) >= 11 is 0. The Kier molecular flexibility index (Phi) is 20.7. The number of quaternary nitrogens is 4. The van der Waals surface area contributed by atoms with Crippen LogP contribution >= 0.6 is 0 Å². The molecule has 2 atom stereocenters. The second-order valence-electron chi connectivity index (χ2n) is 10.6. The largest absolute Gasteiger partial charge is 2.00 e. The van der Waals surface area contributed by atoms with Crippen LogP contribution < -0.4 is 19.3 Å². The molecule has 0 aromatic rings. The van der Waals surface area contributed by atoms with E-state index >= 15 is 0 Å². The van der Waals surface area contributed by atoms with Gasteiger partial charge in [0.2, 0.25) is 0 Å². The fraction of sp³-hybridized carbons (Fsp3) is 1.00. The predicted octanol–water partition coefficient (Wildman–Crippen LogP) is -3.57. The van der Waals surface area contributed by atoms with Crippen molar-refractivity contribution >= 4 is 73.0 Å². The minimum Gasteiger partial charge on any atom is -0.672 e. The standard InChI is InChI=1S/C15H38N5Si2.C4H14NSi2.Ca/c1-17-8-10-18(2)12-14-20(15-13-19(3)11-9-17)22(6,7)16-21(4)5;1-6(2)5-7(3)4;/h21H,8-15H2,1-7H3;6-7H,1-4H3;/q2*-1;+2/p+4. The molecule has 1 aliphatic heterocycles. The Hall–Kier alpha value is 1.89. The molecule has 0 spiro atoms. The van der Waals surface area contributed by atoms with Gasteiger partial charge in [0.05, 0.1) is 21.1 Å². The monoisotopic (exact) mass is 520 g/mol. The Morgan fingerprint density at radius 3 is 1.10 bits per heavy atom. The minimum absolute atomic E-state index is 0. The zero-order chi connectivity index (χ0) is 22.6. The first-order valence-electron chi connectivity index (χ1n) is 12.0. The van der Waals surface area contributed by atoms with Gasteiger partial charge in [0.15, 0.2) is 8.40 Å². The van der Waals surface area contributed by atoms with Gasteiger partial charge < -0.3 is 28.6 Å². The molecular formula is C19H56CaN6Si4+4. The number of likely N-dealkylation sites (N-methyl/N-ethyl adjacent to an activating group) is 3. The third-order valence-corrected chi connectivity index (χ3v) is 17.4. The zero-order valence-electron chi connectivity index (χ0n) is 22.5. The van der Waals surface area contributed by atoms with Crippen molar-refractivity contribution in [3.8, 4) is 0 Å². The maximum Gasteiger partial charge on any atom is 2.00 e. The Morgan fingerprint density at radius 1 is 0.567 bits per heavy atom. The molecule has 0 amide bonds. The van der Waals surface area contributed by atoms with Crippen molar-refractivity contribution < 1.29 is 19.3 Å². The van der Waals surface area contributed by atoms with Gasteiger partial charge in [0, 0.05) is 0 Å². The van der Waals surface area contributed by atoms with Gasteiger partial charge in [-0.05, 0) is 13.1 Å². The summed E-state index contributed by atoms with van der Waals surface area (Å²) in [6, 6.07) is 0. The summed E-state index contributed by atoms with van der Waals surface area (Å²) in [4.78, 5) is 5.09. The SMILES string of the molecule is C[NH+]1CC[NH+](C)CC[NH+]([Si](C)(C)[N-][SiH](C)C)CC[NH+](C)CC1.C[SiH](C)[N-][SiH](C)C.[Ca+2]. The Morgan fingerprint density at radius 2 is 0.867 bits per heavy atom. The van der Waals surface area contributed by atoms with Crippen LogP contribution in [0.15, 0.2) is 0 Å². The van der Waals surface area contributed by atoms with Gasteiger partial charge in [-0.2, -0.15) is 0 Å². The number of hydrogen-bond donors (Lipinski definition) is 4. The van der Waals surface area contributed by atoms with Crippen molar-refractivity contribution in [3.63, 3.8) is 0 Å². The van der Waals surface area contributed by atoms with Crippen molar-refractivity contribution in [2.24, 2.45) is 0 Å². The van der Waals surface area contributed by atoms with Crippen LogP contribution in [0.1, 0.15) is 0 Å². The molecule has 1 heterocycles. The zero-order valence-corrected chi connectivity index (χ0v) is 29.2. The van der Waals surface area contributed by atoms with Crippen LogP contribution in [0.25, 0.3) is 9.30 Å². The van der Waals surface area contributed by atoms with Crippen LogP contribution in [0.5, 0.6) is 0 Å². The second kappa shape index (κ2) is 18.2. The third-order valence-electron chi connectivity index (χ3n) is 5.71. The average Bonchev–Trinajstić information content (AvgIpc) is 2.54. The number of nitrogens with zero attached hydrogens (tertiary/aromatic N) is 2. The Labute approximate surface area is 225 Å². The summed E-state index contributed by atoms with van der Waals surface area (Å²) < 4.78 is 11.7. The molecule has 2 unspecified atom stereocenters. The molecule has 1 fully saturated rings. The van der Waals surface area contributed by atoms with Crippen molar-refractivity contribution in [1.29, 1.82) is 0 Å². The quantitative estimate of drug-likeness (QED) is 0.271. The molecule has 0 saturated carbocycles. The van der Waals surface area contributed by atoms with E-state index in [-0.39, 0.29) is 37.7 Å². The van der Waals surface area contributed by atoms with Crippen LogP contribution in [0.2, 0.25) is 52.4 Å². The van der Waals surface area contributed by atoms with Gasteiger partial charge in [-0.3, -0.25) is 0 Å². The van der Waals surface area contributed by atoms with Gasteiger partial charge in [0.1, 0.15) is 52.4 Å². The van der Waals surface area contributed by atoms with E-state index in [1.165, 1.54) is 52.4 Å². The van der Waals surface area contributed by atoms with E-state index in [0.29, 0.717) is 0 Å². The average molecular weight is 521 g/mol. The number of rotatable bonds is 5. The maximum absolute atomic E-state index is 5.28. The van der Waals surface area contributed by atoms with Crippen molar-refractivity contribution in [1.82, 2.24) is 0 Å². The first-order chi connectivity index (χ1) is 13.3. The number of hydrogen-bond acceptors (Lipinski definition) is 0. The van der Waals surface area contributed by atoms with E-state index in [1.807, 2.05) is 4.57 Å². The van der Waals surface area contributed by atoms with E-state index in [4.69, 9.17) is 4.65 Å². The van der Waals surface area contributed by atoms with Gasteiger partial charge >= 0.3 is 37.7 Å². The van der Waals surface area contributed by atoms with Crippen LogP contribution in [0.3, 0.4) is 0 Å². The molecule has 176 valence electrons. The molecule has 4 N–H and O–H groups in total. The molecule has 0 aromatic heterocycles. The van der Waals surface area contributed by atoms with Gasteiger partial charge in [0.25, 0.3) is 0 Å². The topological polar surface area (TPSA) is 46.0 Å². The summed E-state index contributed by atoms with van der Waals surface area (Å²) in [5, 5.41) is 0. The summed E-state index contributed by atoms with van der Waals surface area (Å²) in [5.41, 5.74) is 0. The van der Waals surface area contributed by atoms with Crippen LogP contribution in [-0.2, 0) is 0 Å². The Bertz CT molecular complexity index is 394. The molecule has 30 heavy (non-hydrogen) atoms. The first-order valence-corrected chi connectivity index (χ1v) is 23.5. The van der Waals surface area contributed by atoms with Crippen molar-refractivity contribution in [2.75, 3.05) is 73.5 Å². The molecule has 1 rings (SSSR count). The molecular weight excluding hydrogens is 465 g/mol. The summed E-state index contributed by atoms with van der Waals surface area (Å²) in [7, 11) is 3.70. The molecule has 1 aliphatic rings. The van der Waals surface area contributed by atoms with E-state index in [0.717, 1.165) is 0 Å². The molecule has 0 aromatic carbocycles. The van der Waals surface area contributed by atoms with Crippen LogP contribution in [0, 0.1) is 0 Å². The first kappa shape index (κ1) is 34.1. The van der Waals surface area contributed by atoms with E-state index in [1.54, 1.807) is 14.7 Å². The smallest absolute Gasteiger partial charge is 0.672 e. The predicted molar refractivity (Wildman–Crippen MR) is 147 cm³/mol. The van der Waals surface area contributed by atoms with Crippen molar-refractivity contribution in [2.45, 2.75) is 52.4 Å². The molecule has 11 heteroatoms. The number of nitrogens with one attached hydrogen (secondary N) is 4.